The zero-order chi connectivity index (χ0) is 18.3. The van der Waals surface area contributed by atoms with Crippen molar-refractivity contribution in [1.82, 2.24) is 0 Å². The number of nitrogens with one attached hydrogen (secondary N) is 1. The molecule has 0 radical (unpaired) electrons. The van der Waals surface area contributed by atoms with Crippen molar-refractivity contribution >= 4 is 37.5 Å². The van der Waals surface area contributed by atoms with Gasteiger partial charge in [-0.25, -0.2) is 13.6 Å². The molecule has 2 rings (SSSR count). The van der Waals surface area contributed by atoms with Gasteiger partial charge < -0.3 is 5.32 Å². The van der Waals surface area contributed by atoms with Gasteiger partial charge in [-0.3, -0.25) is 4.79 Å². The average Bonchev–Trinajstić information content (AvgIpc) is 2.54. The summed E-state index contributed by atoms with van der Waals surface area (Å²) in [5, 5.41) is 7.82. The number of aryl methyl sites for hydroxylation is 1. The molecule has 2 aromatic carbocycles. The van der Waals surface area contributed by atoms with Crippen molar-refractivity contribution in [3.05, 3.63) is 64.1 Å². The SMILES string of the molecule is NS(=O)(=O)Cc1ccc(NC(=O)CCCCc2ccc(Br)cc2)cc1. The van der Waals surface area contributed by atoms with Gasteiger partial charge in [-0.05, 0) is 54.7 Å². The van der Waals surface area contributed by atoms with Gasteiger partial charge >= 0.3 is 0 Å². The number of unbranched alkanes of at least 4 members (excludes halogenated alkanes) is 1. The maximum atomic E-state index is 11.9. The number of hydrogen-bond acceptors (Lipinski definition) is 3. The second-order valence-corrected chi connectivity index (χ2v) is 8.42. The van der Waals surface area contributed by atoms with Gasteiger partial charge in [-0.15, -0.1) is 0 Å². The van der Waals surface area contributed by atoms with E-state index in [-0.39, 0.29) is 11.7 Å². The van der Waals surface area contributed by atoms with Crippen LogP contribution in [0.25, 0.3) is 0 Å². The number of primary sulfonamides is 1. The Hall–Kier alpha value is -1.70. The summed E-state index contributed by atoms with van der Waals surface area (Å²) in [6, 6.07) is 14.8. The van der Waals surface area contributed by atoms with Crippen LogP contribution in [0.3, 0.4) is 0 Å². The lowest BCUT2D eigenvalue weighted by molar-refractivity contribution is -0.116. The molecule has 0 saturated heterocycles. The molecule has 1 amide bonds. The first-order chi connectivity index (χ1) is 11.8. The normalized spacial score (nSPS) is 11.3. The van der Waals surface area contributed by atoms with E-state index in [1.54, 1.807) is 24.3 Å². The number of rotatable bonds is 8. The first-order valence-corrected chi connectivity index (χ1v) is 10.5. The molecule has 0 unspecified atom stereocenters. The van der Waals surface area contributed by atoms with E-state index >= 15 is 0 Å². The Bertz CT molecular complexity index is 803. The van der Waals surface area contributed by atoms with Crippen LogP contribution in [-0.4, -0.2) is 14.3 Å². The molecule has 0 aliphatic carbocycles. The number of halogens is 1. The van der Waals surface area contributed by atoms with Gasteiger partial charge in [0.05, 0.1) is 5.75 Å². The molecule has 7 heteroatoms. The van der Waals surface area contributed by atoms with Crippen molar-refractivity contribution in [1.29, 1.82) is 0 Å². The Morgan fingerprint density at radius 3 is 2.16 bits per heavy atom. The molecule has 0 heterocycles. The van der Waals surface area contributed by atoms with E-state index in [9.17, 15) is 13.2 Å². The third-order valence-electron chi connectivity index (χ3n) is 3.64. The second kappa shape index (κ2) is 9.12. The lowest BCUT2D eigenvalue weighted by atomic mass is 10.1. The molecule has 0 bridgehead atoms. The predicted molar refractivity (Wildman–Crippen MR) is 104 cm³/mol. The van der Waals surface area contributed by atoms with Crippen LogP contribution >= 0.6 is 15.9 Å². The maximum Gasteiger partial charge on any atom is 0.224 e. The first kappa shape index (κ1) is 19.6. The molecule has 0 spiro atoms. The zero-order valence-corrected chi connectivity index (χ0v) is 16.1. The lowest BCUT2D eigenvalue weighted by Gasteiger charge is -2.07. The molecule has 0 saturated carbocycles. The van der Waals surface area contributed by atoms with Crippen LogP contribution in [0.2, 0.25) is 0 Å². The fourth-order valence-electron chi connectivity index (χ4n) is 2.41. The van der Waals surface area contributed by atoms with Gasteiger partial charge in [0, 0.05) is 16.6 Å². The Labute approximate surface area is 156 Å². The molecule has 5 nitrogen and oxygen atoms in total. The van der Waals surface area contributed by atoms with Crippen molar-refractivity contribution in [2.45, 2.75) is 31.4 Å². The van der Waals surface area contributed by atoms with Crippen LogP contribution in [0, 0.1) is 0 Å². The molecule has 2 aromatic rings. The maximum absolute atomic E-state index is 11.9. The number of anilines is 1. The number of carbonyl (C=O) groups excluding carboxylic acids is 1. The van der Waals surface area contributed by atoms with Crippen molar-refractivity contribution < 1.29 is 13.2 Å². The van der Waals surface area contributed by atoms with Crippen LogP contribution in [0.15, 0.2) is 53.0 Å². The highest BCUT2D eigenvalue weighted by atomic mass is 79.9. The van der Waals surface area contributed by atoms with Crippen LogP contribution in [0.1, 0.15) is 30.4 Å². The van der Waals surface area contributed by atoms with Gasteiger partial charge in [-0.1, -0.05) is 40.2 Å². The van der Waals surface area contributed by atoms with Gasteiger partial charge in [0.15, 0.2) is 0 Å². The van der Waals surface area contributed by atoms with Gasteiger partial charge in [0.25, 0.3) is 0 Å². The van der Waals surface area contributed by atoms with Gasteiger partial charge in [-0.2, -0.15) is 0 Å². The van der Waals surface area contributed by atoms with Crippen LogP contribution in [0.5, 0.6) is 0 Å². The third-order valence-corrected chi connectivity index (χ3v) is 4.90. The average molecular weight is 425 g/mol. The minimum atomic E-state index is -3.54. The summed E-state index contributed by atoms with van der Waals surface area (Å²) < 4.78 is 23.1. The fourth-order valence-corrected chi connectivity index (χ4v) is 3.33. The summed E-state index contributed by atoms with van der Waals surface area (Å²) in [6.07, 6.45) is 3.16. The summed E-state index contributed by atoms with van der Waals surface area (Å²) >= 11 is 3.41. The lowest BCUT2D eigenvalue weighted by Crippen LogP contribution is -2.14. The van der Waals surface area contributed by atoms with E-state index in [1.165, 1.54) is 5.56 Å². The summed E-state index contributed by atoms with van der Waals surface area (Å²) in [5.74, 6) is -0.257. The molecule has 134 valence electrons. The van der Waals surface area contributed by atoms with E-state index in [4.69, 9.17) is 5.14 Å². The van der Waals surface area contributed by atoms with E-state index < -0.39 is 10.0 Å². The van der Waals surface area contributed by atoms with Crippen molar-refractivity contribution in [2.75, 3.05) is 5.32 Å². The summed E-state index contributed by atoms with van der Waals surface area (Å²) in [7, 11) is -3.54. The van der Waals surface area contributed by atoms with Crippen molar-refractivity contribution in [2.24, 2.45) is 5.14 Å². The van der Waals surface area contributed by atoms with E-state index in [0.717, 1.165) is 23.7 Å². The number of benzene rings is 2. The quantitative estimate of drug-likeness (QED) is 0.634. The number of sulfonamides is 1. The highest BCUT2D eigenvalue weighted by molar-refractivity contribution is 9.10. The first-order valence-electron chi connectivity index (χ1n) is 7.95. The molecular weight excluding hydrogens is 404 g/mol. The van der Waals surface area contributed by atoms with E-state index in [1.807, 2.05) is 12.1 Å². The number of hydrogen-bond donors (Lipinski definition) is 2. The molecule has 0 aliphatic rings. The Morgan fingerprint density at radius 2 is 1.56 bits per heavy atom. The highest BCUT2D eigenvalue weighted by Gasteiger charge is 2.06. The van der Waals surface area contributed by atoms with Crippen LogP contribution < -0.4 is 10.5 Å². The Kier molecular flexibility index (Phi) is 7.16. The minimum absolute atomic E-state index is 0.0463. The summed E-state index contributed by atoms with van der Waals surface area (Å²) in [4.78, 5) is 11.9. The predicted octanol–water partition coefficient (Wildman–Crippen LogP) is 3.59. The van der Waals surface area contributed by atoms with Crippen molar-refractivity contribution in [3.63, 3.8) is 0 Å². The van der Waals surface area contributed by atoms with E-state index in [2.05, 4.69) is 33.4 Å². The zero-order valence-electron chi connectivity index (χ0n) is 13.7. The smallest absolute Gasteiger partial charge is 0.224 e. The number of carbonyl (C=O) groups is 1. The molecule has 0 atom stereocenters. The molecule has 25 heavy (non-hydrogen) atoms. The fraction of sp³-hybridized carbons (Fsp3) is 0.278. The molecule has 0 fully saturated rings. The van der Waals surface area contributed by atoms with E-state index in [0.29, 0.717) is 17.7 Å². The van der Waals surface area contributed by atoms with Crippen molar-refractivity contribution in [3.8, 4) is 0 Å². The van der Waals surface area contributed by atoms with Gasteiger partial charge in [0.1, 0.15) is 0 Å². The molecule has 0 aliphatic heterocycles. The summed E-state index contributed by atoms with van der Waals surface area (Å²) in [6.45, 7) is 0. The largest absolute Gasteiger partial charge is 0.326 e. The van der Waals surface area contributed by atoms with Crippen LogP contribution in [-0.2, 0) is 27.0 Å². The third kappa shape index (κ3) is 7.81. The summed E-state index contributed by atoms with van der Waals surface area (Å²) in [5.41, 5.74) is 2.50. The highest BCUT2D eigenvalue weighted by Crippen LogP contribution is 2.14. The standard InChI is InChI=1S/C18H21BrN2O3S/c19-16-9-5-14(6-10-16)3-1-2-4-18(22)21-17-11-7-15(8-12-17)13-25(20,23)24/h5-12H,1-4,13H2,(H,21,22)(H2,20,23,24). The minimum Gasteiger partial charge on any atom is -0.326 e. The molecule has 3 N–H and O–H groups in total. The van der Waals surface area contributed by atoms with Crippen LogP contribution in [0.4, 0.5) is 5.69 Å². The Balaban J connectivity index is 1.72. The topological polar surface area (TPSA) is 89.3 Å². The molecule has 0 aromatic heterocycles. The monoisotopic (exact) mass is 424 g/mol. The molecular formula is C18H21BrN2O3S. The Morgan fingerprint density at radius 1 is 0.960 bits per heavy atom. The number of nitrogens with two attached hydrogens (primary N) is 1. The van der Waals surface area contributed by atoms with Gasteiger partial charge in [0.2, 0.25) is 15.9 Å². The number of amides is 1. The second-order valence-electron chi connectivity index (χ2n) is 5.89.